The molecule has 1 aliphatic rings. The smallest absolute Gasteiger partial charge is 0.331 e. The minimum atomic E-state index is -3.12. The summed E-state index contributed by atoms with van der Waals surface area (Å²) in [4.78, 5) is 26.0. The fourth-order valence-corrected chi connectivity index (χ4v) is 4.93. The molecule has 0 bridgehead atoms. The molecule has 1 aromatic carbocycles. The molecule has 2 atom stereocenters. The third kappa shape index (κ3) is 6.07. The highest BCUT2D eigenvalue weighted by atomic mass is 35.5. The molecule has 1 aliphatic heterocycles. The quantitative estimate of drug-likeness (QED) is 0.507. The predicted octanol–water partition coefficient (Wildman–Crippen LogP) is 2.71. The molecule has 0 unspecified atom stereocenters. The summed E-state index contributed by atoms with van der Waals surface area (Å²) in [6.45, 7) is 3.36. The van der Waals surface area contributed by atoms with E-state index in [0.717, 1.165) is 0 Å². The summed E-state index contributed by atoms with van der Waals surface area (Å²) < 4.78 is 28.5. The van der Waals surface area contributed by atoms with Crippen LogP contribution in [0.2, 0.25) is 5.02 Å². The summed E-state index contributed by atoms with van der Waals surface area (Å²) in [6, 6.07) is 6.53. The number of carbonyl (C=O) groups is 2. The molecule has 8 heteroatoms. The molecule has 1 aromatic rings. The molecule has 0 spiro atoms. The molecule has 0 N–H and O–H groups in total. The molecule has 27 heavy (non-hydrogen) atoms. The lowest BCUT2D eigenvalue weighted by Crippen LogP contribution is -2.48. The van der Waals surface area contributed by atoms with E-state index in [9.17, 15) is 18.0 Å². The standard InChI is InChI=1S/C19H24ClNO5S/c1-3-14(2)21(16-10-11-27(24,25)13-16)18(22)12-26-19(23)9-8-15-6-4-5-7-17(15)20/h4-9,14,16H,3,10-13H2,1-2H3/b9-8+/t14-,16-/m1/s1. The lowest BCUT2D eigenvalue weighted by molar-refractivity contribution is -0.150. The zero-order chi connectivity index (χ0) is 20.0. The first-order valence-electron chi connectivity index (χ1n) is 8.84. The fourth-order valence-electron chi connectivity index (χ4n) is 3.02. The molecule has 1 heterocycles. The van der Waals surface area contributed by atoms with Gasteiger partial charge in [-0.05, 0) is 37.5 Å². The van der Waals surface area contributed by atoms with Gasteiger partial charge in [-0.3, -0.25) is 4.79 Å². The number of benzene rings is 1. The largest absolute Gasteiger partial charge is 0.452 e. The lowest BCUT2D eigenvalue weighted by Gasteiger charge is -2.33. The van der Waals surface area contributed by atoms with Crippen molar-refractivity contribution in [2.24, 2.45) is 0 Å². The summed E-state index contributed by atoms with van der Waals surface area (Å²) in [6.07, 6.45) is 3.83. The number of amides is 1. The van der Waals surface area contributed by atoms with Crippen molar-refractivity contribution < 1.29 is 22.7 Å². The Morgan fingerprint density at radius 2 is 2.07 bits per heavy atom. The van der Waals surface area contributed by atoms with Gasteiger partial charge in [-0.15, -0.1) is 0 Å². The van der Waals surface area contributed by atoms with Gasteiger partial charge >= 0.3 is 5.97 Å². The van der Waals surface area contributed by atoms with Gasteiger partial charge in [0, 0.05) is 23.2 Å². The van der Waals surface area contributed by atoms with E-state index in [0.29, 0.717) is 23.4 Å². The second kappa shape index (κ2) is 9.37. The van der Waals surface area contributed by atoms with Gasteiger partial charge in [-0.2, -0.15) is 0 Å². The van der Waals surface area contributed by atoms with Crippen molar-refractivity contribution >= 4 is 39.4 Å². The van der Waals surface area contributed by atoms with Gasteiger partial charge in [-0.25, -0.2) is 13.2 Å². The highest BCUT2D eigenvalue weighted by molar-refractivity contribution is 7.91. The van der Waals surface area contributed by atoms with Crippen LogP contribution < -0.4 is 0 Å². The van der Waals surface area contributed by atoms with Crippen LogP contribution in [0.25, 0.3) is 6.08 Å². The maximum absolute atomic E-state index is 12.6. The van der Waals surface area contributed by atoms with Crippen molar-refractivity contribution in [3.05, 3.63) is 40.9 Å². The van der Waals surface area contributed by atoms with Crippen molar-refractivity contribution in [2.45, 2.75) is 38.8 Å². The van der Waals surface area contributed by atoms with Crippen LogP contribution in [0.15, 0.2) is 30.3 Å². The molecule has 0 aromatic heterocycles. The zero-order valence-corrected chi connectivity index (χ0v) is 17.0. The lowest BCUT2D eigenvalue weighted by atomic mass is 10.1. The van der Waals surface area contributed by atoms with Crippen LogP contribution in [0.1, 0.15) is 32.3 Å². The Balaban J connectivity index is 1.97. The Hall–Kier alpha value is -1.86. The first-order valence-corrected chi connectivity index (χ1v) is 11.0. The van der Waals surface area contributed by atoms with Crippen LogP contribution in [0.4, 0.5) is 0 Å². The van der Waals surface area contributed by atoms with Crippen LogP contribution in [-0.2, 0) is 24.2 Å². The molecule has 6 nitrogen and oxygen atoms in total. The van der Waals surface area contributed by atoms with Crippen molar-refractivity contribution in [2.75, 3.05) is 18.1 Å². The van der Waals surface area contributed by atoms with Crippen molar-refractivity contribution in [1.29, 1.82) is 0 Å². The molecule has 1 saturated heterocycles. The molecule has 148 valence electrons. The Kier molecular flexibility index (Phi) is 7.44. The normalized spacial score (nSPS) is 19.7. The summed E-state index contributed by atoms with van der Waals surface area (Å²) >= 11 is 6.01. The van der Waals surface area contributed by atoms with E-state index in [1.807, 2.05) is 13.8 Å². The number of hydrogen-bond donors (Lipinski definition) is 0. The molecule has 0 saturated carbocycles. The predicted molar refractivity (Wildman–Crippen MR) is 105 cm³/mol. The fraction of sp³-hybridized carbons (Fsp3) is 0.474. The van der Waals surface area contributed by atoms with Crippen LogP contribution in [-0.4, -0.2) is 55.4 Å². The minimum Gasteiger partial charge on any atom is -0.452 e. The molecular weight excluding hydrogens is 390 g/mol. The molecule has 0 aliphatic carbocycles. The van der Waals surface area contributed by atoms with E-state index < -0.39 is 22.4 Å². The minimum absolute atomic E-state index is 0.0383. The van der Waals surface area contributed by atoms with Crippen molar-refractivity contribution in [3.63, 3.8) is 0 Å². The molecule has 1 fully saturated rings. The summed E-state index contributed by atoms with van der Waals surface area (Å²) in [5.41, 5.74) is 0.667. The molecule has 0 radical (unpaired) electrons. The number of halogens is 1. The summed E-state index contributed by atoms with van der Waals surface area (Å²) in [5, 5.41) is 0.503. The van der Waals surface area contributed by atoms with Crippen molar-refractivity contribution in [3.8, 4) is 0 Å². The third-order valence-corrected chi connectivity index (χ3v) is 6.69. The summed E-state index contributed by atoms with van der Waals surface area (Å²) in [7, 11) is -3.12. The molecule has 1 amide bonds. The summed E-state index contributed by atoms with van der Waals surface area (Å²) in [5.74, 6) is -1.00. The number of rotatable bonds is 7. The third-order valence-electron chi connectivity index (χ3n) is 4.60. The van der Waals surface area contributed by atoms with E-state index in [2.05, 4.69) is 0 Å². The van der Waals surface area contributed by atoms with Gasteiger partial charge in [0.15, 0.2) is 16.4 Å². The Morgan fingerprint density at radius 1 is 1.37 bits per heavy atom. The maximum Gasteiger partial charge on any atom is 0.331 e. The van der Waals surface area contributed by atoms with E-state index in [4.69, 9.17) is 16.3 Å². The SMILES string of the molecule is CC[C@@H](C)N(C(=O)COC(=O)/C=C/c1ccccc1Cl)[C@@H]1CCS(=O)(=O)C1. The Labute approximate surface area is 165 Å². The second-order valence-corrected chi connectivity index (χ2v) is 9.21. The number of ether oxygens (including phenoxy) is 1. The Bertz CT molecular complexity index is 821. The topological polar surface area (TPSA) is 80.8 Å². The number of sulfone groups is 1. The maximum atomic E-state index is 12.6. The first-order chi connectivity index (χ1) is 12.7. The number of hydrogen-bond acceptors (Lipinski definition) is 5. The van der Waals surface area contributed by atoms with Gasteiger partial charge in [0.2, 0.25) is 0 Å². The zero-order valence-electron chi connectivity index (χ0n) is 15.4. The average Bonchev–Trinajstić information content (AvgIpc) is 2.98. The van der Waals surface area contributed by atoms with Crippen LogP contribution in [0.3, 0.4) is 0 Å². The first kappa shape index (κ1) is 21.4. The van der Waals surface area contributed by atoms with Gasteiger partial charge in [0.1, 0.15) is 0 Å². The number of carbonyl (C=O) groups excluding carboxylic acids is 2. The second-order valence-electron chi connectivity index (χ2n) is 6.58. The number of esters is 1. The Morgan fingerprint density at radius 3 is 2.67 bits per heavy atom. The highest BCUT2D eigenvalue weighted by Gasteiger charge is 2.36. The number of nitrogens with zero attached hydrogens (tertiary/aromatic N) is 1. The highest BCUT2D eigenvalue weighted by Crippen LogP contribution is 2.21. The monoisotopic (exact) mass is 413 g/mol. The van der Waals surface area contributed by atoms with Crippen LogP contribution >= 0.6 is 11.6 Å². The van der Waals surface area contributed by atoms with Gasteiger partial charge < -0.3 is 9.64 Å². The van der Waals surface area contributed by atoms with Crippen molar-refractivity contribution in [1.82, 2.24) is 4.90 Å². The van der Waals surface area contributed by atoms with Crippen LogP contribution in [0.5, 0.6) is 0 Å². The van der Waals surface area contributed by atoms with Gasteiger partial charge in [0.05, 0.1) is 11.5 Å². The van der Waals surface area contributed by atoms with E-state index in [1.54, 1.807) is 29.2 Å². The average molecular weight is 414 g/mol. The van der Waals surface area contributed by atoms with Gasteiger partial charge in [-0.1, -0.05) is 36.7 Å². The molecule has 2 rings (SSSR count). The van der Waals surface area contributed by atoms with E-state index in [-0.39, 0.29) is 29.5 Å². The van der Waals surface area contributed by atoms with E-state index in [1.165, 1.54) is 12.2 Å². The molecular formula is C19H24ClNO5S. The van der Waals surface area contributed by atoms with Gasteiger partial charge in [0.25, 0.3) is 5.91 Å². The van der Waals surface area contributed by atoms with E-state index >= 15 is 0 Å². The van der Waals surface area contributed by atoms with Crippen LogP contribution in [0, 0.1) is 0 Å².